The third kappa shape index (κ3) is 36.6. The molecule has 0 radical (unpaired) electrons. The van der Waals surface area contributed by atoms with E-state index in [-0.39, 0.29) is 12.6 Å². The van der Waals surface area contributed by atoms with E-state index < -0.39 is 0 Å². The molecule has 48 heavy (non-hydrogen) atoms. The molecule has 0 aromatic rings. The molecule has 0 fully saturated rings. The Kier molecular flexibility index (Phi) is 40.2. The van der Waals surface area contributed by atoms with Crippen molar-refractivity contribution in [3.8, 4) is 0 Å². The molecule has 0 spiro atoms. The molecule has 0 unspecified atom stereocenters. The normalized spacial score (nSPS) is 11.7. The van der Waals surface area contributed by atoms with Crippen molar-refractivity contribution in [2.45, 2.75) is 213 Å². The van der Waals surface area contributed by atoms with Crippen LogP contribution in [0.5, 0.6) is 0 Å². The van der Waals surface area contributed by atoms with Crippen molar-refractivity contribution in [1.82, 2.24) is 9.96 Å². The van der Waals surface area contributed by atoms with Gasteiger partial charge in [0.2, 0.25) is 0 Å². The third-order valence-corrected chi connectivity index (χ3v) is 9.72. The molecule has 0 atom stereocenters. The van der Waals surface area contributed by atoms with Crippen molar-refractivity contribution in [3.63, 3.8) is 0 Å². The van der Waals surface area contributed by atoms with Gasteiger partial charge in [0, 0.05) is 26.1 Å². The van der Waals surface area contributed by atoms with Crippen LogP contribution in [-0.2, 0) is 14.4 Å². The van der Waals surface area contributed by atoms with E-state index in [9.17, 15) is 4.79 Å². The molecule has 0 saturated carbocycles. The molecule has 0 aromatic carbocycles. The number of ether oxygens (including phenoxy) is 1. The highest BCUT2D eigenvalue weighted by Crippen LogP contribution is 2.14. The molecule has 6 nitrogen and oxygen atoms in total. The zero-order valence-corrected chi connectivity index (χ0v) is 32.9. The fourth-order valence-corrected chi connectivity index (χ4v) is 6.54. The van der Waals surface area contributed by atoms with Crippen molar-refractivity contribution in [2.75, 3.05) is 52.5 Å². The number of aliphatic hydroxyl groups excluding tert-OH is 1. The summed E-state index contributed by atoms with van der Waals surface area (Å²) in [7, 11) is 0. The largest absolute Gasteiger partial charge is 0.394 e. The van der Waals surface area contributed by atoms with Crippen molar-refractivity contribution in [3.05, 3.63) is 0 Å². The van der Waals surface area contributed by atoms with Crippen molar-refractivity contribution in [2.24, 2.45) is 0 Å². The van der Waals surface area contributed by atoms with Gasteiger partial charge in [-0.3, -0.25) is 4.79 Å². The first kappa shape index (κ1) is 47.3. The molecule has 0 heterocycles. The van der Waals surface area contributed by atoms with E-state index in [0.717, 1.165) is 58.5 Å². The van der Waals surface area contributed by atoms with Crippen LogP contribution in [0, 0.1) is 0 Å². The number of carbonyl (C=O) groups excluding carboxylic acids is 1. The van der Waals surface area contributed by atoms with E-state index in [1.807, 2.05) is 5.06 Å². The fraction of sp³-hybridized carbons (Fsp3) is 0.976. The van der Waals surface area contributed by atoms with Crippen LogP contribution in [0.1, 0.15) is 213 Å². The quantitative estimate of drug-likeness (QED) is 0.0511. The number of hydrogen-bond acceptors (Lipinski definition) is 6. The Morgan fingerprint density at radius 2 is 0.792 bits per heavy atom. The van der Waals surface area contributed by atoms with Crippen LogP contribution >= 0.6 is 0 Å². The molecule has 288 valence electrons. The highest BCUT2D eigenvalue weighted by Gasteiger charge is 2.12. The Balaban J connectivity index is 4.08. The Bertz CT molecular complexity index is 604. The van der Waals surface area contributed by atoms with Gasteiger partial charge in [-0.15, -0.1) is 5.06 Å². The van der Waals surface area contributed by atoms with Gasteiger partial charge in [0.25, 0.3) is 0 Å². The molecular formula is C42H86N2O4. The summed E-state index contributed by atoms with van der Waals surface area (Å²) < 4.78 is 5.57. The van der Waals surface area contributed by atoms with Crippen LogP contribution in [0.25, 0.3) is 0 Å². The number of nitrogens with zero attached hydrogens (tertiary/aromatic N) is 2. The number of unbranched alkanes of at least 4 members (excludes halogenated alkanes) is 25. The SMILES string of the molecule is CCCCCCCCCCCCN(CCCCCCCCCC(=O)ON(CCCCCCCC)CCCCCCCC)CCOCCO. The van der Waals surface area contributed by atoms with E-state index in [1.165, 1.54) is 167 Å². The van der Waals surface area contributed by atoms with Crippen LogP contribution in [0.4, 0.5) is 0 Å². The van der Waals surface area contributed by atoms with Gasteiger partial charge in [0.05, 0.1) is 19.8 Å². The first-order valence-corrected chi connectivity index (χ1v) is 21.5. The van der Waals surface area contributed by atoms with E-state index in [1.54, 1.807) is 0 Å². The summed E-state index contributed by atoms with van der Waals surface area (Å²) in [5, 5.41) is 11.0. The first-order chi connectivity index (χ1) is 23.7. The molecule has 0 aliphatic carbocycles. The maximum Gasteiger partial charge on any atom is 0.325 e. The third-order valence-electron chi connectivity index (χ3n) is 9.72. The lowest BCUT2D eigenvalue weighted by atomic mass is 10.1. The molecular weight excluding hydrogens is 596 g/mol. The minimum atomic E-state index is -0.0302. The second-order valence-electron chi connectivity index (χ2n) is 14.5. The van der Waals surface area contributed by atoms with Gasteiger partial charge >= 0.3 is 5.97 Å². The average Bonchev–Trinajstić information content (AvgIpc) is 3.09. The smallest absolute Gasteiger partial charge is 0.325 e. The second kappa shape index (κ2) is 40.7. The summed E-state index contributed by atoms with van der Waals surface area (Å²) in [5.41, 5.74) is 0. The van der Waals surface area contributed by atoms with Crippen LogP contribution in [0.3, 0.4) is 0 Å². The maximum atomic E-state index is 12.6. The van der Waals surface area contributed by atoms with Crippen molar-refractivity contribution in [1.29, 1.82) is 0 Å². The summed E-state index contributed by atoms with van der Waals surface area (Å²) in [4.78, 5) is 21.1. The summed E-state index contributed by atoms with van der Waals surface area (Å²) in [6, 6.07) is 0. The molecule has 0 rings (SSSR count). The topological polar surface area (TPSA) is 62.2 Å². The molecule has 0 saturated heterocycles. The van der Waals surface area contributed by atoms with Gasteiger partial charge in [0.15, 0.2) is 0 Å². The van der Waals surface area contributed by atoms with Gasteiger partial charge in [0.1, 0.15) is 0 Å². The molecule has 0 amide bonds. The number of hydroxylamine groups is 2. The van der Waals surface area contributed by atoms with E-state index in [0.29, 0.717) is 13.0 Å². The molecule has 1 N–H and O–H groups in total. The van der Waals surface area contributed by atoms with Crippen LogP contribution in [0.2, 0.25) is 0 Å². The van der Waals surface area contributed by atoms with Crippen LogP contribution < -0.4 is 0 Å². The van der Waals surface area contributed by atoms with E-state index >= 15 is 0 Å². The number of carbonyl (C=O) groups is 1. The Hall–Kier alpha value is -0.690. The van der Waals surface area contributed by atoms with Crippen LogP contribution in [0.15, 0.2) is 0 Å². The van der Waals surface area contributed by atoms with E-state index in [2.05, 4.69) is 25.7 Å². The maximum absolute atomic E-state index is 12.6. The number of rotatable bonds is 41. The minimum Gasteiger partial charge on any atom is -0.394 e. The van der Waals surface area contributed by atoms with Gasteiger partial charge in [-0.1, -0.05) is 175 Å². The molecule has 0 aliphatic heterocycles. The Morgan fingerprint density at radius 1 is 0.438 bits per heavy atom. The summed E-state index contributed by atoms with van der Waals surface area (Å²) in [6.07, 6.45) is 37.9. The highest BCUT2D eigenvalue weighted by molar-refractivity contribution is 5.68. The van der Waals surface area contributed by atoms with Crippen molar-refractivity contribution >= 4 is 5.97 Å². The predicted molar refractivity (Wildman–Crippen MR) is 208 cm³/mol. The van der Waals surface area contributed by atoms with Crippen molar-refractivity contribution < 1.29 is 19.5 Å². The minimum absolute atomic E-state index is 0.0302. The predicted octanol–water partition coefficient (Wildman–Crippen LogP) is 11.8. The lowest BCUT2D eigenvalue weighted by molar-refractivity contribution is -0.191. The molecule has 0 aromatic heterocycles. The highest BCUT2D eigenvalue weighted by atomic mass is 16.7. The summed E-state index contributed by atoms with van der Waals surface area (Å²) >= 11 is 0. The van der Waals surface area contributed by atoms with Gasteiger partial charge in [-0.25, -0.2) is 0 Å². The Morgan fingerprint density at radius 3 is 1.19 bits per heavy atom. The zero-order valence-electron chi connectivity index (χ0n) is 32.9. The molecule has 0 aliphatic rings. The lowest BCUT2D eigenvalue weighted by Crippen LogP contribution is -2.30. The molecule has 0 bridgehead atoms. The number of hydrogen-bond donors (Lipinski definition) is 1. The van der Waals surface area contributed by atoms with Gasteiger partial charge < -0.3 is 19.6 Å². The zero-order chi connectivity index (χ0) is 35.0. The van der Waals surface area contributed by atoms with E-state index in [4.69, 9.17) is 14.7 Å². The summed E-state index contributed by atoms with van der Waals surface area (Å²) in [5.74, 6) is -0.0302. The summed E-state index contributed by atoms with van der Waals surface area (Å²) in [6.45, 7) is 13.2. The number of aliphatic hydroxyl groups is 1. The van der Waals surface area contributed by atoms with Gasteiger partial charge in [-0.2, -0.15) is 0 Å². The molecule has 6 heteroatoms. The van der Waals surface area contributed by atoms with Crippen LogP contribution in [-0.4, -0.2) is 73.6 Å². The first-order valence-electron chi connectivity index (χ1n) is 21.5. The lowest BCUT2D eigenvalue weighted by Gasteiger charge is -2.22. The second-order valence-corrected chi connectivity index (χ2v) is 14.5. The Labute approximate surface area is 300 Å². The van der Waals surface area contributed by atoms with Gasteiger partial charge in [-0.05, 0) is 45.2 Å². The monoisotopic (exact) mass is 683 g/mol. The standard InChI is InChI=1S/C42H86N2O4/c1-4-7-10-13-16-17-18-21-24-29-34-43(38-40-47-41-39-45)35-30-25-22-19-20-23-28-33-42(46)48-44(36-31-26-14-11-8-5-2)37-32-27-15-12-9-6-3/h45H,4-41H2,1-3H3. The average molecular weight is 683 g/mol. The fourth-order valence-electron chi connectivity index (χ4n) is 6.54.